The first-order valence-electron chi connectivity index (χ1n) is 7.06. The fourth-order valence-corrected chi connectivity index (χ4v) is 2.37. The quantitative estimate of drug-likeness (QED) is 0.805. The summed E-state index contributed by atoms with van der Waals surface area (Å²) < 4.78 is 7.55. The zero-order valence-corrected chi connectivity index (χ0v) is 12.5. The van der Waals surface area contributed by atoms with Gasteiger partial charge in [0.05, 0.1) is 5.69 Å². The Kier molecular flexibility index (Phi) is 3.78. The van der Waals surface area contributed by atoms with E-state index in [1.807, 2.05) is 49.4 Å². The van der Waals surface area contributed by atoms with Crippen molar-refractivity contribution in [3.05, 3.63) is 65.6 Å². The maximum Gasteiger partial charge on any atom is 0.269 e. The van der Waals surface area contributed by atoms with Crippen LogP contribution in [0.4, 0.5) is 0 Å². The number of carbonyl (C=O) groups is 1. The van der Waals surface area contributed by atoms with Crippen molar-refractivity contribution in [1.29, 1.82) is 0 Å². The van der Waals surface area contributed by atoms with Crippen LogP contribution in [0.15, 0.2) is 48.7 Å². The van der Waals surface area contributed by atoms with Gasteiger partial charge < -0.3 is 10.1 Å². The van der Waals surface area contributed by atoms with E-state index in [-0.39, 0.29) is 5.91 Å². The van der Waals surface area contributed by atoms with Gasteiger partial charge in [-0.25, -0.2) is 4.98 Å². The SMILES string of the molecule is CNC(=O)c1c(C)nc2cc(OCc3ccccc3)ccn12. The Hall–Kier alpha value is -2.82. The summed E-state index contributed by atoms with van der Waals surface area (Å²) in [4.78, 5) is 16.3. The van der Waals surface area contributed by atoms with Crippen molar-refractivity contribution in [2.24, 2.45) is 0 Å². The average molecular weight is 295 g/mol. The Bertz CT molecular complexity index is 809. The Balaban J connectivity index is 1.86. The number of benzene rings is 1. The topological polar surface area (TPSA) is 55.6 Å². The maximum atomic E-state index is 11.9. The normalized spacial score (nSPS) is 10.6. The molecular formula is C17H17N3O2. The van der Waals surface area contributed by atoms with Crippen LogP contribution in [-0.2, 0) is 6.61 Å². The molecule has 0 radical (unpaired) electrons. The predicted octanol–water partition coefficient (Wildman–Crippen LogP) is 2.58. The Morgan fingerprint density at radius 1 is 1.27 bits per heavy atom. The molecule has 0 bridgehead atoms. The third-order valence-corrected chi connectivity index (χ3v) is 3.46. The summed E-state index contributed by atoms with van der Waals surface area (Å²) >= 11 is 0. The van der Waals surface area contributed by atoms with Gasteiger partial charge in [0.15, 0.2) is 0 Å². The van der Waals surface area contributed by atoms with Gasteiger partial charge in [0, 0.05) is 19.3 Å². The molecule has 0 fully saturated rings. The van der Waals surface area contributed by atoms with Crippen molar-refractivity contribution in [1.82, 2.24) is 14.7 Å². The maximum absolute atomic E-state index is 11.9. The predicted molar refractivity (Wildman–Crippen MR) is 84.1 cm³/mol. The molecular weight excluding hydrogens is 278 g/mol. The van der Waals surface area contributed by atoms with Gasteiger partial charge in [0.2, 0.25) is 0 Å². The molecule has 2 heterocycles. The number of aryl methyl sites for hydroxylation is 1. The van der Waals surface area contributed by atoms with E-state index >= 15 is 0 Å². The number of nitrogens with zero attached hydrogens (tertiary/aromatic N) is 2. The van der Waals surface area contributed by atoms with E-state index in [0.29, 0.717) is 23.6 Å². The molecule has 1 amide bonds. The zero-order valence-electron chi connectivity index (χ0n) is 12.5. The average Bonchev–Trinajstić information content (AvgIpc) is 2.88. The summed E-state index contributed by atoms with van der Waals surface area (Å²) in [6.07, 6.45) is 1.81. The van der Waals surface area contributed by atoms with Gasteiger partial charge >= 0.3 is 0 Å². The summed E-state index contributed by atoms with van der Waals surface area (Å²) in [5.41, 5.74) is 3.04. The van der Waals surface area contributed by atoms with Crippen LogP contribution in [-0.4, -0.2) is 22.3 Å². The van der Waals surface area contributed by atoms with Crippen LogP contribution >= 0.6 is 0 Å². The van der Waals surface area contributed by atoms with Crippen LogP contribution in [0.25, 0.3) is 5.65 Å². The second-order valence-electron chi connectivity index (χ2n) is 4.99. The highest BCUT2D eigenvalue weighted by Crippen LogP contribution is 2.19. The Morgan fingerprint density at radius 2 is 2.05 bits per heavy atom. The van der Waals surface area contributed by atoms with Gasteiger partial charge in [0.25, 0.3) is 5.91 Å². The van der Waals surface area contributed by atoms with Gasteiger partial charge in [-0.2, -0.15) is 0 Å². The van der Waals surface area contributed by atoms with Gasteiger partial charge in [-0.05, 0) is 18.6 Å². The highest BCUT2D eigenvalue weighted by molar-refractivity contribution is 5.94. The molecule has 1 N–H and O–H groups in total. The van der Waals surface area contributed by atoms with Crippen LogP contribution in [0.5, 0.6) is 5.75 Å². The van der Waals surface area contributed by atoms with E-state index in [2.05, 4.69) is 10.3 Å². The minimum atomic E-state index is -0.150. The van der Waals surface area contributed by atoms with Crippen LogP contribution in [0.3, 0.4) is 0 Å². The molecule has 0 aliphatic rings. The first-order chi connectivity index (χ1) is 10.7. The Labute approximate surface area is 128 Å². The van der Waals surface area contributed by atoms with E-state index in [1.54, 1.807) is 17.6 Å². The summed E-state index contributed by atoms with van der Waals surface area (Å²) in [5.74, 6) is 0.577. The van der Waals surface area contributed by atoms with Crippen molar-refractivity contribution < 1.29 is 9.53 Å². The molecule has 5 nitrogen and oxygen atoms in total. The van der Waals surface area contributed by atoms with E-state index in [1.165, 1.54) is 0 Å². The zero-order chi connectivity index (χ0) is 15.5. The van der Waals surface area contributed by atoms with Crippen LogP contribution in [0.2, 0.25) is 0 Å². The van der Waals surface area contributed by atoms with Gasteiger partial charge in [0.1, 0.15) is 23.7 Å². The number of rotatable bonds is 4. The van der Waals surface area contributed by atoms with E-state index in [4.69, 9.17) is 4.74 Å². The molecule has 0 aliphatic carbocycles. The van der Waals surface area contributed by atoms with Gasteiger partial charge in [-0.1, -0.05) is 30.3 Å². The number of hydrogen-bond acceptors (Lipinski definition) is 3. The number of aromatic nitrogens is 2. The summed E-state index contributed by atoms with van der Waals surface area (Å²) in [5, 5.41) is 2.63. The summed E-state index contributed by atoms with van der Waals surface area (Å²) in [6.45, 7) is 2.32. The van der Waals surface area contributed by atoms with Crippen LogP contribution in [0.1, 0.15) is 21.7 Å². The lowest BCUT2D eigenvalue weighted by Gasteiger charge is -2.07. The van der Waals surface area contributed by atoms with Crippen LogP contribution < -0.4 is 10.1 Å². The molecule has 0 saturated heterocycles. The van der Waals surface area contributed by atoms with Gasteiger partial charge in [-0.3, -0.25) is 9.20 Å². The lowest BCUT2D eigenvalue weighted by atomic mass is 10.2. The molecule has 5 heteroatoms. The highest BCUT2D eigenvalue weighted by atomic mass is 16.5. The smallest absolute Gasteiger partial charge is 0.269 e. The Morgan fingerprint density at radius 3 is 2.77 bits per heavy atom. The number of imidazole rings is 1. The number of amides is 1. The van der Waals surface area contributed by atoms with Crippen molar-refractivity contribution in [2.75, 3.05) is 7.05 Å². The molecule has 3 aromatic rings. The fraction of sp³-hybridized carbons (Fsp3) is 0.176. The van der Waals surface area contributed by atoms with Crippen molar-refractivity contribution >= 4 is 11.6 Å². The first-order valence-corrected chi connectivity index (χ1v) is 7.06. The number of hydrogen-bond donors (Lipinski definition) is 1. The minimum Gasteiger partial charge on any atom is -0.489 e. The minimum absolute atomic E-state index is 0.150. The lowest BCUT2D eigenvalue weighted by Crippen LogP contribution is -2.20. The standard InChI is InChI=1S/C17H17N3O2/c1-12-16(17(21)18-2)20-9-8-14(10-15(20)19-12)22-11-13-6-4-3-5-7-13/h3-10H,11H2,1-2H3,(H,18,21). The van der Waals surface area contributed by atoms with Crippen molar-refractivity contribution in [3.63, 3.8) is 0 Å². The first kappa shape index (κ1) is 14.1. The number of ether oxygens (including phenoxy) is 1. The van der Waals surface area contributed by atoms with Crippen molar-refractivity contribution in [3.8, 4) is 5.75 Å². The molecule has 3 rings (SSSR count). The monoisotopic (exact) mass is 295 g/mol. The largest absolute Gasteiger partial charge is 0.489 e. The summed E-state index contributed by atoms with van der Waals surface area (Å²) in [6, 6.07) is 13.6. The highest BCUT2D eigenvalue weighted by Gasteiger charge is 2.15. The third-order valence-electron chi connectivity index (χ3n) is 3.46. The molecule has 112 valence electrons. The fourth-order valence-electron chi connectivity index (χ4n) is 2.37. The van der Waals surface area contributed by atoms with Crippen molar-refractivity contribution in [2.45, 2.75) is 13.5 Å². The van der Waals surface area contributed by atoms with E-state index < -0.39 is 0 Å². The van der Waals surface area contributed by atoms with E-state index in [9.17, 15) is 4.79 Å². The molecule has 0 atom stereocenters. The third kappa shape index (κ3) is 2.65. The number of carbonyl (C=O) groups excluding carboxylic acids is 1. The van der Waals surface area contributed by atoms with Crippen LogP contribution in [0, 0.1) is 6.92 Å². The van der Waals surface area contributed by atoms with E-state index in [0.717, 1.165) is 11.3 Å². The number of fused-ring (bicyclic) bond motifs is 1. The second kappa shape index (κ2) is 5.89. The molecule has 22 heavy (non-hydrogen) atoms. The molecule has 2 aromatic heterocycles. The number of pyridine rings is 1. The molecule has 1 aromatic carbocycles. The number of nitrogens with one attached hydrogen (secondary N) is 1. The summed E-state index contributed by atoms with van der Waals surface area (Å²) in [7, 11) is 1.61. The molecule has 0 unspecified atom stereocenters. The second-order valence-corrected chi connectivity index (χ2v) is 4.99. The lowest BCUT2D eigenvalue weighted by molar-refractivity contribution is 0.0956. The molecule has 0 saturated carbocycles. The molecule has 0 spiro atoms. The molecule has 0 aliphatic heterocycles. The van der Waals surface area contributed by atoms with Gasteiger partial charge in [-0.15, -0.1) is 0 Å².